The number of ether oxygens (including phenoxy) is 1. The minimum absolute atomic E-state index is 0.0339. The maximum atomic E-state index is 13.6. The zero-order valence-corrected chi connectivity index (χ0v) is 9.58. The molecule has 2 aromatic rings. The van der Waals surface area contributed by atoms with Gasteiger partial charge in [0.1, 0.15) is 11.6 Å². The maximum Gasteiger partial charge on any atom is 0.166 e. The van der Waals surface area contributed by atoms with Crippen LogP contribution in [-0.2, 0) is 0 Å². The minimum Gasteiger partial charge on any atom is -0.454 e. The van der Waals surface area contributed by atoms with Gasteiger partial charge in [-0.2, -0.15) is 0 Å². The van der Waals surface area contributed by atoms with E-state index in [4.69, 9.17) is 15.9 Å². The lowest BCUT2D eigenvalue weighted by molar-refractivity contribution is 0.432. The van der Waals surface area contributed by atoms with Gasteiger partial charge in [0, 0.05) is 11.6 Å². The smallest absolute Gasteiger partial charge is 0.166 e. The van der Waals surface area contributed by atoms with Gasteiger partial charge in [-0.15, -0.1) is 0 Å². The second-order valence-electron chi connectivity index (χ2n) is 3.74. The average molecular weight is 266 g/mol. The molecular weight excluding hydrogens is 257 g/mol. The summed E-state index contributed by atoms with van der Waals surface area (Å²) in [5.41, 5.74) is 5.41. The highest BCUT2D eigenvalue weighted by Crippen LogP contribution is 2.26. The van der Waals surface area contributed by atoms with Crippen molar-refractivity contribution in [1.29, 1.82) is 5.41 Å². The molecule has 0 aliphatic heterocycles. The van der Waals surface area contributed by atoms with E-state index in [-0.39, 0.29) is 22.9 Å². The predicted molar refractivity (Wildman–Crippen MR) is 63.8 cm³/mol. The molecule has 2 aromatic carbocycles. The van der Waals surface area contributed by atoms with Gasteiger partial charge < -0.3 is 10.5 Å². The number of hydrogen-bond acceptors (Lipinski definition) is 2. The molecular formula is C13H9F3N2O. The topological polar surface area (TPSA) is 59.1 Å². The summed E-state index contributed by atoms with van der Waals surface area (Å²) in [5, 5.41) is 7.15. The third-order valence-corrected chi connectivity index (χ3v) is 2.36. The summed E-state index contributed by atoms with van der Waals surface area (Å²) in [4.78, 5) is 0. The van der Waals surface area contributed by atoms with Crippen molar-refractivity contribution in [3.05, 3.63) is 59.4 Å². The zero-order valence-electron chi connectivity index (χ0n) is 9.58. The summed E-state index contributed by atoms with van der Waals surface area (Å²) in [6.45, 7) is 0. The van der Waals surface area contributed by atoms with E-state index < -0.39 is 17.5 Å². The van der Waals surface area contributed by atoms with Gasteiger partial charge in [0.05, 0.1) is 0 Å². The fourth-order valence-electron chi connectivity index (χ4n) is 1.42. The van der Waals surface area contributed by atoms with Crippen LogP contribution >= 0.6 is 0 Å². The van der Waals surface area contributed by atoms with E-state index in [0.717, 1.165) is 18.2 Å². The molecule has 0 aliphatic carbocycles. The van der Waals surface area contributed by atoms with Gasteiger partial charge in [-0.05, 0) is 30.3 Å². The van der Waals surface area contributed by atoms with E-state index in [2.05, 4.69) is 0 Å². The highest BCUT2D eigenvalue weighted by Gasteiger charge is 2.09. The molecule has 19 heavy (non-hydrogen) atoms. The van der Waals surface area contributed by atoms with E-state index in [9.17, 15) is 13.2 Å². The molecule has 0 amide bonds. The molecule has 0 heterocycles. The van der Waals surface area contributed by atoms with Gasteiger partial charge >= 0.3 is 0 Å². The van der Waals surface area contributed by atoms with Gasteiger partial charge in [0.2, 0.25) is 0 Å². The number of hydrogen-bond donors (Lipinski definition) is 2. The quantitative estimate of drug-likeness (QED) is 0.662. The lowest BCUT2D eigenvalue weighted by Crippen LogP contribution is -2.11. The molecule has 0 saturated carbocycles. The summed E-state index contributed by atoms with van der Waals surface area (Å²) in [6.07, 6.45) is 0. The second-order valence-corrected chi connectivity index (χ2v) is 3.74. The summed E-state index contributed by atoms with van der Waals surface area (Å²) in [7, 11) is 0. The molecule has 0 unspecified atom stereocenters. The van der Waals surface area contributed by atoms with Crippen LogP contribution < -0.4 is 10.5 Å². The molecule has 0 aromatic heterocycles. The third-order valence-electron chi connectivity index (χ3n) is 2.36. The Morgan fingerprint density at radius 3 is 2.26 bits per heavy atom. The Morgan fingerprint density at radius 2 is 1.68 bits per heavy atom. The number of nitrogen functional groups attached to an aromatic ring is 1. The van der Waals surface area contributed by atoms with Crippen LogP contribution in [0.4, 0.5) is 13.2 Å². The van der Waals surface area contributed by atoms with Crippen molar-refractivity contribution in [2.75, 3.05) is 0 Å². The molecule has 0 fully saturated rings. The van der Waals surface area contributed by atoms with Crippen molar-refractivity contribution in [3.63, 3.8) is 0 Å². The van der Waals surface area contributed by atoms with Gasteiger partial charge in [-0.3, -0.25) is 5.41 Å². The van der Waals surface area contributed by atoms with Crippen LogP contribution in [-0.4, -0.2) is 5.84 Å². The van der Waals surface area contributed by atoms with Crippen LogP contribution in [0.5, 0.6) is 11.5 Å². The first-order valence-electron chi connectivity index (χ1n) is 5.24. The monoisotopic (exact) mass is 266 g/mol. The number of nitrogens with two attached hydrogens (primary N) is 1. The molecule has 0 atom stereocenters. The van der Waals surface area contributed by atoms with Crippen molar-refractivity contribution in [3.8, 4) is 11.5 Å². The first-order chi connectivity index (χ1) is 8.97. The molecule has 3 nitrogen and oxygen atoms in total. The second kappa shape index (κ2) is 5.01. The largest absolute Gasteiger partial charge is 0.454 e. The van der Waals surface area contributed by atoms with E-state index in [1.165, 1.54) is 18.2 Å². The number of benzene rings is 2. The average Bonchev–Trinajstić information content (AvgIpc) is 2.36. The minimum atomic E-state index is -1.08. The number of halogens is 3. The lowest BCUT2D eigenvalue weighted by atomic mass is 10.2. The van der Waals surface area contributed by atoms with Crippen LogP contribution in [0.3, 0.4) is 0 Å². The van der Waals surface area contributed by atoms with Crippen molar-refractivity contribution in [2.24, 2.45) is 5.73 Å². The Labute approximate surface area is 106 Å². The zero-order chi connectivity index (χ0) is 14.0. The Hall–Kier alpha value is -2.50. The Bertz CT molecular complexity index is 644. The van der Waals surface area contributed by atoms with E-state index in [1.807, 2.05) is 0 Å². The fraction of sp³-hybridized carbons (Fsp3) is 0. The molecule has 0 bridgehead atoms. The Morgan fingerprint density at radius 1 is 0.947 bits per heavy atom. The van der Waals surface area contributed by atoms with E-state index in [0.29, 0.717) is 0 Å². The molecule has 98 valence electrons. The molecule has 0 radical (unpaired) electrons. The number of nitrogens with one attached hydrogen (secondary N) is 1. The van der Waals surface area contributed by atoms with Crippen molar-refractivity contribution in [1.82, 2.24) is 0 Å². The molecule has 3 N–H and O–H groups in total. The van der Waals surface area contributed by atoms with Crippen molar-refractivity contribution >= 4 is 5.84 Å². The normalized spacial score (nSPS) is 10.3. The predicted octanol–water partition coefficient (Wildman–Crippen LogP) is 3.18. The van der Waals surface area contributed by atoms with Crippen LogP contribution in [0.25, 0.3) is 0 Å². The van der Waals surface area contributed by atoms with Crippen LogP contribution in [0.2, 0.25) is 0 Å². The van der Waals surface area contributed by atoms with Gasteiger partial charge in [0.25, 0.3) is 0 Å². The highest BCUT2D eigenvalue weighted by atomic mass is 19.2. The molecule has 2 rings (SSSR count). The van der Waals surface area contributed by atoms with Crippen LogP contribution in [0.15, 0.2) is 36.4 Å². The van der Waals surface area contributed by atoms with Gasteiger partial charge in [0.15, 0.2) is 23.2 Å². The molecule has 6 heteroatoms. The lowest BCUT2D eigenvalue weighted by Gasteiger charge is -2.08. The standard InChI is InChI=1S/C13H9F3N2O/c14-9-3-2-8(6-10(9)15)19-12-4-1-7(13(17)18)5-11(12)16/h1-6H,(H3,17,18). The third kappa shape index (κ3) is 2.85. The van der Waals surface area contributed by atoms with Gasteiger partial charge in [-0.1, -0.05) is 0 Å². The SMILES string of the molecule is N=C(N)c1ccc(Oc2ccc(F)c(F)c2)c(F)c1. The van der Waals surface area contributed by atoms with Crippen molar-refractivity contribution in [2.45, 2.75) is 0 Å². The highest BCUT2D eigenvalue weighted by molar-refractivity contribution is 5.95. The van der Waals surface area contributed by atoms with E-state index >= 15 is 0 Å². The van der Waals surface area contributed by atoms with Gasteiger partial charge in [-0.25, -0.2) is 13.2 Å². The first-order valence-corrected chi connectivity index (χ1v) is 5.24. The summed E-state index contributed by atoms with van der Waals surface area (Å²) in [5.74, 6) is -3.34. The molecule has 0 saturated heterocycles. The summed E-state index contributed by atoms with van der Waals surface area (Å²) in [6, 6.07) is 6.54. The van der Waals surface area contributed by atoms with E-state index in [1.54, 1.807) is 0 Å². The Balaban J connectivity index is 2.28. The fourth-order valence-corrected chi connectivity index (χ4v) is 1.42. The maximum absolute atomic E-state index is 13.6. The van der Waals surface area contributed by atoms with Crippen LogP contribution in [0, 0.1) is 22.9 Å². The molecule has 0 aliphatic rings. The first kappa shape index (κ1) is 12.9. The number of amidine groups is 1. The van der Waals surface area contributed by atoms with Crippen LogP contribution in [0.1, 0.15) is 5.56 Å². The van der Waals surface area contributed by atoms with Crippen molar-refractivity contribution < 1.29 is 17.9 Å². The molecule has 0 spiro atoms. The number of rotatable bonds is 3. The summed E-state index contributed by atoms with van der Waals surface area (Å²) >= 11 is 0. The summed E-state index contributed by atoms with van der Waals surface area (Å²) < 4.78 is 44.4. The Kier molecular flexibility index (Phi) is 3.41.